The molecule has 1 aliphatic carbocycles. The zero-order valence-electron chi connectivity index (χ0n) is 15.0. The third-order valence-electron chi connectivity index (χ3n) is 5.08. The van der Waals surface area contributed by atoms with E-state index in [9.17, 15) is 10.1 Å². The monoisotopic (exact) mass is 340 g/mol. The van der Waals surface area contributed by atoms with Crippen LogP contribution in [-0.4, -0.2) is 18.1 Å². The molecule has 132 valence electrons. The Balaban J connectivity index is 1.69. The van der Waals surface area contributed by atoms with Crippen LogP contribution in [0.4, 0.5) is 0 Å². The second-order valence-electron chi connectivity index (χ2n) is 7.17. The van der Waals surface area contributed by atoms with E-state index in [0.717, 1.165) is 29.6 Å². The molecule has 0 fully saturated rings. The maximum atomic E-state index is 12.1. The number of hydrogen-bond donors (Lipinski definition) is 1. The van der Waals surface area contributed by atoms with E-state index in [1.807, 2.05) is 32.0 Å². The molecule has 1 N–H and O–H groups in total. The molecule has 1 aromatic carbocycles. The molecule has 0 aliphatic heterocycles. The largest absolute Gasteiger partial charge is 0.484 e. The summed E-state index contributed by atoms with van der Waals surface area (Å²) >= 11 is 0. The van der Waals surface area contributed by atoms with Crippen LogP contribution in [0.2, 0.25) is 0 Å². The lowest BCUT2D eigenvalue weighted by atomic mass is 9.90. The van der Waals surface area contributed by atoms with Gasteiger partial charge in [-0.1, -0.05) is 13.8 Å². The lowest BCUT2D eigenvalue weighted by Crippen LogP contribution is -2.50. The normalized spacial score (nSPS) is 16.1. The molecule has 25 heavy (non-hydrogen) atoms. The van der Waals surface area contributed by atoms with Crippen LogP contribution in [0.3, 0.4) is 0 Å². The van der Waals surface area contributed by atoms with E-state index >= 15 is 0 Å². The smallest absolute Gasteiger partial charge is 0.259 e. The maximum Gasteiger partial charge on any atom is 0.259 e. The van der Waals surface area contributed by atoms with Crippen LogP contribution in [0, 0.1) is 17.2 Å². The molecule has 1 unspecified atom stereocenters. The Labute approximate surface area is 147 Å². The van der Waals surface area contributed by atoms with Gasteiger partial charge in [-0.15, -0.1) is 0 Å². The molecule has 0 saturated carbocycles. The molecule has 3 rings (SSSR count). The number of furan rings is 1. The Morgan fingerprint density at radius 1 is 1.40 bits per heavy atom. The van der Waals surface area contributed by atoms with Crippen LogP contribution < -0.4 is 10.1 Å². The molecule has 2 aromatic rings. The van der Waals surface area contributed by atoms with Gasteiger partial charge in [0.2, 0.25) is 0 Å². The van der Waals surface area contributed by atoms with Gasteiger partial charge in [0.1, 0.15) is 22.6 Å². The van der Waals surface area contributed by atoms with Crippen molar-refractivity contribution >= 4 is 16.9 Å². The van der Waals surface area contributed by atoms with Crippen LogP contribution in [0.25, 0.3) is 11.0 Å². The molecule has 1 atom stereocenters. The first-order valence-electron chi connectivity index (χ1n) is 8.82. The number of rotatable bonds is 5. The summed E-state index contributed by atoms with van der Waals surface area (Å²) in [4.78, 5) is 12.1. The van der Waals surface area contributed by atoms with Crippen LogP contribution in [0.5, 0.6) is 5.75 Å². The fourth-order valence-corrected chi connectivity index (χ4v) is 3.11. The summed E-state index contributed by atoms with van der Waals surface area (Å²) in [6.45, 7) is 5.41. The van der Waals surface area contributed by atoms with Gasteiger partial charge in [-0.25, -0.2) is 0 Å². The molecule has 5 heteroatoms. The fourth-order valence-electron chi connectivity index (χ4n) is 3.11. The molecule has 1 aromatic heterocycles. The summed E-state index contributed by atoms with van der Waals surface area (Å²) in [6.07, 6.45) is 4.37. The number of hydrogen-bond acceptors (Lipinski definition) is 4. The maximum absolute atomic E-state index is 12.1. The molecule has 1 heterocycles. The second kappa shape index (κ2) is 6.79. The number of amides is 1. The van der Waals surface area contributed by atoms with Gasteiger partial charge >= 0.3 is 0 Å². The van der Waals surface area contributed by atoms with Gasteiger partial charge in [0.15, 0.2) is 6.61 Å². The SMILES string of the molecule is CC(C)C(C)(C#N)NC(=O)COc1ccc2oc3c(c2c1)CCCC3. The number of aryl methyl sites for hydroxylation is 2. The summed E-state index contributed by atoms with van der Waals surface area (Å²) in [5.41, 5.74) is 1.25. The zero-order chi connectivity index (χ0) is 18.0. The first-order chi connectivity index (χ1) is 11.9. The van der Waals surface area contributed by atoms with E-state index in [4.69, 9.17) is 9.15 Å². The molecule has 0 saturated heterocycles. The Kier molecular flexibility index (Phi) is 4.71. The second-order valence-corrected chi connectivity index (χ2v) is 7.17. The van der Waals surface area contributed by atoms with Crippen molar-refractivity contribution in [3.63, 3.8) is 0 Å². The minimum atomic E-state index is -0.895. The summed E-state index contributed by atoms with van der Waals surface area (Å²) < 4.78 is 11.6. The molecular weight excluding hydrogens is 316 g/mol. The third kappa shape index (κ3) is 3.48. The summed E-state index contributed by atoms with van der Waals surface area (Å²) in [5, 5.41) is 13.1. The van der Waals surface area contributed by atoms with Crippen molar-refractivity contribution in [2.75, 3.05) is 6.61 Å². The number of fused-ring (bicyclic) bond motifs is 3. The number of ether oxygens (including phenoxy) is 1. The van der Waals surface area contributed by atoms with Gasteiger partial charge in [-0.2, -0.15) is 5.26 Å². The Morgan fingerprint density at radius 2 is 2.16 bits per heavy atom. The molecule has 5 nitrogen and oxygen atoms in total. The fraction of sp³-hybridized carbons (Fsp3) is 0.500. The Morgan fingerprint density at radius 3 is 2.88 bits per heavy atom. The van der Waals surface area contributed by atoms with Gasteiger partial charge in [0.05, 0.1) is 6.07 Å². The van der Waals surface area contributed by atoms with Crippen LogP contribution in [0.15, 0.2) is 22.6 Å². The predicted octanol–water partition coefficient (Wildman–Crippen LogP) is 3.74. The van der Waals surface area contributed by atoms with Crippen molar-refractivity contribution in [3.8, 4) is 11.8 Å². The average Bonchev–Trinajstić information content (AvgIpc) is 2.97. The highest BCUT2D eigenvalue weighted by atomic mass is 16.5. The third-order valence-corrected chi connectivity index (χ3v) is 5.08. The van der Waals surface area contributed by atoms with Gasteiger partial charge < -0.3 is 14.5 Å². The first kappa shape index (κ1) is 17.3. The average molecular weight is 340 g/mol. The van der Waals surface area contributed by atoms with Crippen molar-refractivity contribution in [1.29, 1.82) is 5.26 Å². The zero-order valence-corrected chi connectivity index (χ0v) is 15.0. The molecular formula is C20H24N2O3. The van der Waals surface area contributed by atoms with E-state index in [-0.39, 0.29) is 18.4 Å². The molecule has 0 spiro atoms. The number of nitriles is 1. The van der Waals surface area contributed by atoms with E-state index in [0.29, 0.717) is 5.75 Å². The number of nitrogens with zero attached hydrogens (tertiary/aromatic N) is 1. The number of nitrogens with one attached hydrogen (secondary N) is 1. The van der Waals surface area contributed by atoms with Gasteiger partial charge in [-0.3, -0.25) is 4.79 Å². The van der Waals surface area contributed by atoms with Crippen molar-refractivity contribution in [3.05, 3.63) is 29.5 Å². The highest BCUT2D eigenvalue weighted by Gasteiger charge is 2.30. The number of carbonyl (C=O) groups excluding carboxylic acids is 1. The van der Waals surface area contributed by atoms with Crippen molar-refractivity contribution in [2.45, 2.75) is 52.0 Å². The van der Waals surface area contributed by atoms with Crippen molar-refractivity contribution in [1.82, 2.24) is 5.32 Å². The van der Waals surface area contributed by atoms with E-state index in [2.05, 4.69) is 11.4 Å². The van der Waals surface area contributed by atoms with Crippen molar-refractivity contribution < 1.29 is 13.9 Å². The number of carbonyl (C=O) groups is 1. The van der Waals surface area contributed by atoms with Crippen molar-refractivity contribution in [2.24, 2.45) is 5.92 Å². The topological polar surface area (TPSA) is 75.3 Å². The predicted molar refractivity (Wildman–Crippen MR) is 95.3 cm³/mol. The summed E-state index contributed by atoms with van der Waals surface area (Å²) in [7, 11) is 0. The Bertz CT molecular complexity index is 831. The van der Waals surface area contributed by atoms with Crippen LogP contribution >= 0.6 is 0 Å². The molecule has 0 radical (unpaired) electrons. The minimum Gasteiger partial charge on any atom is -0.484 e. The summed E-state index contributed by atoms with van der Waals surface area (Å²) in [5.74, 6) is 1.43. The van der Waals surface area contributed by atoms with Gasteiger partial charge in [0, 0.05) is 17.4 Å². The minimum absolute atomic E-state index is 0.00949. The molecule has 1 aliphatic rings. The molecule has 1 amide bonds. The lowest BCUT2D eigenvalue weighted by molar-refractivity contribution is -0.124. The molecule has 0 bridgehead atoms. The Hall–Kier alpha value is -2.48. The van der Waals surface area contributed by atoms with Gasteiger partial charge in [-0.05, 0) is 50.3 Å². The standard InChI is InChI=1S/C20H24N2O3/c1-13(2)20(3,12-21)22-19(23)11-24-14-8-9-18-16(10-14)15-6-4-5-7-17(15)25-18/h8-10,13H,4-7,11H2,1-3H3,(H,22,23). The van der Waals surface area contributed by atoms with E-state index in [1.54, 1.807) is 6.92 Å². The van der Waals surface area contributed by atoms with Crippen LogP contribution in [0.1, 0.15) is 44.9 Å². The van der Waals surface area contributed by atoms with Gasteiger partial charge in [0.25, 0.3) is 5.91 Å². The highest BCUT2D eigenvalue weighted by molar-refractivity contribution is 5.84. The lowest BCUT2D eigenvalue weighted by Gasteiger charge is -2.27. The highest BCUT2D eigenvalue weighted by Crippen LogP contribution is 2.33. The van der Waals surface area contributed by atoms with E-state index < -0.39 is 5.54 Å². The van der Waals surface area contributed by atoms with Crippen LogP contribution in [-0.2, 0) is 17.6 Å². The number of benzene rings is 1. The van der Waals surface area contributed by atoms with E-state index in [1.165, 1.54) is 18.4 Å². The quantitative estimate of drug-likeness (QED) is 0.899. The first-order valence-corrected chi connectivity index (χ1v) is 8.82. The summed E-state index contributed by atoms with van der Waals surface area (Å²) in [6, 6.07) is 7.82.